The second-order valence-electron chi connectivity index (χ2n) is 6.21. The van der Waals surface area contributed by atoms with Gasteiger partial charge in [-0.05, 0) is 31.2 Å². The summed E-state index contributed by atoms with van der Waals surface area (Å²) in [6.07, 6.45) is 3.17. The van der Waals surface area contributed by atoms with Gasteiger partial charge in [0.25, 0.3) is 11.8 Å². The third-order valence-electron chi connectivity index (χ3n) is 4.52. The van der Waals surface area contributed by atoms with Crippen molar-refractivity contribution in [2.45, 2.75) is 24.5 Å². The molecule has 0 aliphatic carbocycles. The second kappa shape index (κ2) is 4.55. The maximum Gasteiger partial charge on any atom is 0.257 e. The molecule has 2 atom stereocenters. The van der Waals surface area contributed by atoms with Gasteiger partial charge in [0.2, 0.25) is 5.91 Å². The van der Waals surface area contributed by atoms with Crippen LogP contribution < -0.4 is 10.6 Å². The smallest absolute Gasteiger partial charge is 0.257 e. The molecule has 0 fully saturated rings. The zero-order valence-corrected chi connectivity index (χ0v) is 12.8. The van der Waals surface area contributed by atoms with Crippen LogP contribution in [0.25, 0.3) is 0 Å². The largest absolute Gasteiger partial charge is 0.506 e. The number of imide groups is 1. The molecule has 4 rings (SSSR count). The molecule has 24 heavy (non-hydrogen) atoms. The molecule has 3 aliphatic heterocycles. The average Bonchev–Trinajstić information content (AvgIpc) is 3.09. The average molecular weight is 326 g/mol. The van der Waals surface area contributed by atoms with Crippen LogP contribution in [0.5, 0.6) is 5.75 Å². The molecule has 1 aromatic carbocycles. The van der Waals surface area contributed by atoms with Gasteiger partial charge in [0.05, 0.1) is 23.3 Å². The first-order valence-electron chi connectivity index (χ1n) is 7.44. The summed E-state index contributed by atoms with van der Waals surface area (Å²) in [5.41, 5.74) is -1.52. The topological polar surface area (TPSA) is 105 Å². The first-order valence-corrected chi connectivity index (χ1v) is 7.44. The number of anilines is 1. The number of phenolic OH excluding ortho intramolecular Hbond substituents is 1. The van der Waals surface area contributed by atoms with Crippen molar-refractivity contribution in [1.82, 2.24) is 5.32 Å². The van der Waals surface area contributed by atoms with Crippen LogP contribution in [0.4, 0.5) is 5.69 Å². The van der Waals surface area contributed by atoms with Gasteiger partial charge in [0, 0.05) is 0 Å². The van der Waals surface area contributed by atoms with E-state index in [0.29, 0.717) is 0 Å². The van der Waals surface area contributed by atoms with Crippen molar-refractivity contribution >= 4 is 23.4 Å². The zero-order valence-electron chi connectivity index (χ0n) is 12.8. The lowest BCUT2D eigenvalue weighted by molar-refractivity contribution is -0.129. The molecule has 0 radical (unpaired) electrons. The third kappa shape index (κ3) is 1.85. The number of hydrogen-bond acceptors (Lipinski definition) is 5. The molecule has 7 heteroatoms. The summed E-state index contributed by atoms with van der Waals surface area (Å²) in [6.45, 7) is 1.69. The standard InChI is InChI=1S/C17H14N2O5/c1-16-6-7-17(24-16,13-12(16)14(22)19-15(13)23)8-11(21)18-9-4-2-3-5-10(9)20/h2-7,20H,8H2,1H3,(H,18,21)(H,19,22,23). The number of nitrogens with one attached hydrogen (secondary N) is 2. The number of benzene rings is 1. The van der Waals surface area contributed by atoms with Crippen LogP contribution in [0.15, 0.2) is 47.6 Å². The highest BCUT2D eigenvalue weighted by Crippen LogP contribution is 2.53. The lowest BCUT2D eigenvalue weighted by Gasteiger charge is -2.26. The highest BCUT2D eigenvalue weighted by atomic mass is 16.5. The number of carbonyl (C=O) groups is 3. The number of phenols is 1. The monoisotopic (exact) mass is 326 g/mol. The van der Waals surface area contributed by atoms with E-state index in [-0.39, 0.29) is 29.0 Å². The van der Waals surface area contributed by atoms with Gasteiger partial charge in [-0.2, -0.15) is 0 Å². The summed E-state index contributed by atoms with van der Waals surface area (Å²) in [6, 6.07) is 6.33. The number of hydrogen-bond donors (Lipinski definition) is 3. The van der Waals surface area contributed by atoms with Gasteiger partial charge in [-0.3, -0.25) is 19.7 Å². The van der Waals surface area contributed by atoms with Crippen LogP contribution in [0.2, 0.25) is 0 Å². The van der Waals surface area contributed by atoms with Crippen molar-refractivity contribution < 1.29 is 24.2 Å². The molecule has 0 saturated heterocycles. The van der Waals surface area contributed by atoms with E-state index in [1.807, 2.05) is 0 Å². The van der Waals surface area contributed by atoms with E-state index in [4.69, 9.17) is 4.74 Å². The van der Waals surface area contributed by atoms with Gasteiger partial charge in [-0.15, -0.1) is 0 Å². The summed E-state index contributed by atoms with van der Waals surface area (Å²) < 4.78 is 5.90. The Morgan fingerprint density at radius 1 is 1.21 bits per heavy atom. The van der Waals surface area contributed by atoms with E-state index < -0.39 is 28.9 Å². The molecule has 0 aromatic heterocycles. The first kappa shape index (κ1) is 14.6. The highest BCUT2D eigenvalue weighted by Gasteiger charge is 2.62. The molecule has 1 aromatic rings. The minimum absolute atomic E-state index is 0.0591. The number of rotatable bonds is 3. The maximum absolute atomic E-state index is 12.4. The van der Waals surface area contributed by atoms with Crippen molar-refractivity contribution in [2.24, 2.45) is 0 Å². The second-order valence-corrected chi connectivity index (χ2v) is 6.21. The van der Waals surface area contributed by atoms with E-state index in [9.17, 15) is 19.5 Å². The van der Waals surface area contributed by atoms with E-state index >= 15 is 0 Å². The minimum Gasteiger partial charge on any atom is -0.506 e. The molecule has 2 unspecified atom stereocenters. The fraction of sp³-hybridized carbons (Fsp3) is 0.235. The van der Waals surface area contributed by atoms with Crippen LogP contribution in [0.3, 0.4) is 0 Å². The quantitative estimate of drug-likeness (QED) is 0.432. The van der Waals surface area contributed by atoms with E-state index in [2.05, 4.69) is 10.6 Å². The molecule has 3 amide bonds. The summed E-state index contributed by atoms with van der Waals surface area (Å²) in [5.74, 6) is -1.51. The van der Waals surface area contributed by atoms with Gasteiger partial charge in [-0.25, -0.2) is 0 Å². The molecule has 3 N–H and O–H groups in total. The Hall–Kier alpha value is -2.93. The Morgan fingerprint density at radius 3 is 2.67 bits per heavy atom. The Labute approximate surface area is 137 Å². The summed E-state index contributed by atoms with van der Waals surface area (Å²) in [7, 11) is 0. The third-order valence-corrected chi connectivity index (χ3v) is 4.52. The van der Waals surface area contributed by atoms with E-state index in [0.717, 1.165) is 0 Å². The van der Waals surface area contributed by atoms with Gasteiger partial charge < -0.3 is 15.2 Å². The van der Waals surface area contributed by atoms with Crippen LogP contribution >= 0.6 is 0 Å². The van der Waals surface area contributed by atoms with Crippen LogP contribution in [0.1, 0.15) is 13.3 Å². The molecular weight excluding hydrogens is 312 g/mol. The zero-order chi connectivity index (χ0) is 17.1. The summed E-state index contributed by atoms with van der Waals surface area (Å²) in [5, 5.41) is 14.6. The van der Waals surface area contributed by atoms with E-state index in [1.54, 1.807) is 37.3 Å². The lowest BCUT2D eigenvalue weighted by Crippen LogP contribution is -2.40. The highest BCUT2D eigenvalue weighted by molar-refractivity contribution is 6.23. The van der Waals surface area contributed by atoms with Crippen molar-refractivity contribution in [3.8, 4) is 5.75 Å². The summed E-state index contributed by atoms with van der Waals surface area (Å²) in [4.78, 5) is 36.5. The Kier molecular flexibility index (Phi) is 2.77. The van der Waals surface area contributed by atoms with Crippen LogP contribution in [-0.4, -0.2) is 34.0 Å². The normalized spacial score (nSPS) is 29.9. The first-order chi connectivity index (χ1) is 11.3. The van der Waals surface area contributed by atoms with Gasteiger partial charge in [-0.1, -0.05) is 12.1 Å². The molecule has 2 bridgehead atoms. The minimum atomic E-state index is -1.26. The van der Waals surface area contributed by atoms with Crippen LogP contribution in [-0.2, 0) is 19.1 Å². The fourth-order valence-corrected chi connectivity index (χ4v) is 3.54. The van der Waals surface area contributed by atoms with Crippen molar-refractivity contribution in [2.75, 3.05) is 5.32 Å². The lowest BCUT2D eigenvalue weighted by atomic mass is 9.82. The van der Waals surface area contributed by atoms with Crippen molar-refractivity contribution in [3.63, 3.8) is 0 Å². The number of fused-ring (bicyclic) bond motifs is 4. The summed E-state index contributed by atoms with van der Waals surface area (Å²) >= 11 is 0. The van der Waals surface area contributed by atoms with Gasteiger partial charge in [0.15, 0.2) is 0 Å². The number of amides is 3. The molecule has 0 saturated carbocycles. The molecule has 3 aliphatic rings. The van der Waals surface area contributed by atoms with E-state index in [1.165, 1.54) is 6.07 Å². The molecule has 0 spiro atoms. The number of carbonyl (C=O) groups excluding carboxylic acids is 3. The predicted molar refractivity (Wildman–Crippen MR) is 82.9 cm³/mol. The maximum atomic E-state index is 12.4. The molecule has 3 heterocycles. The van der Waals surface area contributed by atoms with Gasteiger partial charge >= 0.3 is 0 Å². The predicted octanol–water partition coefficient (Wildman–Crippen LogP) is 0.771. The molecular formula is C17H14N2O5. The Balaban J connectivity index is 1.63. The number of ether oxygens (including phenoxy) is 1. The van der Waals surface area contributed by atoms with Crippen molar-refractivity contribution in [1.29, 1.82) is 0 Å². The molecule has 122 valence electrons. The SMILES string of the molecule is CC12C=CC(CC(=O)Nc3ccccc3O)(O1)C1=C2C(=O)NC1=O. The number of para-hydroxylation sites is 2. The van der Waals surface area contributed by atoms with Gasteiger partial charge in [0.1, 0.15) is 17.0 Å². The number of aromatic hydroxyl groups is 1. The molecule has 7 nitrogen and oxygen atoms in total. The fourth-order valence-electron chi connectivity index (χ4n) is 3.54. The Bertz CT molecular complexity index is 871. The van der Waals surface area contributed by atoms with Crippen molar-refractivity contribution in [3.05, 3.63) is 47.6 Å². The van der Waals surface area contributed by atoms with Crippen LogP contribution in [0, 0.1) is 0 Å². The Morgan fingerprint density at radius 2 is 1.92 bits per heavy atom.